The fraction of sp³-hybridized carbons (Fsp3) is 0.143. The van der Waals surface area contributed by atoms with Crippen molar-refractivity contribution in [2.45, 2.75) is 5.16 Å². The summed E-state index contributed by atoms with van der Waals surface area (Å²) in [6.07, 6.45) is 0. The van der Waals surface area contributed by atoms with Crippen molar-refractivity contribution in [2.24, 2.45) is 0 Å². The first-order chi connectivity index (χ1) is 11.6. The van der Waals surface area contributed by atoms with Gasteiger partial charge in [0.05, 0.1) is 16.4 Å². The number of amides is 1. The lowest BCUT2D eigenvalue weighted by molar-refractivity contribution is -0.384. The van der Waals surface area contributed by atoms with E-state index in [0.29, 0.717) is 22.1 Å². The molecule has 0 aliphatic carbocycles. The molecule has 0 aliphatic heterocycles. The number of nitrogens with one attached hydrogen (secondary N) is 1. The van der Waals surface area contributed by atoms with Gasteiger partial charge in [0.25, 0.3) is 5.69 Å². The number of rotatable bonds is 5. The predicted molar refractivity (Wildman–Crippen MR) is 87.7 cm³/mol. The maximum absolute atomic E-state index is 11.4. The van der Waals surface area contributed by atoms with Gasteiger partial charge >= 0.3 is 0 Å². The number of carbonyl (C=O) groups excluding carboxylic acids is 1. The highest BCUT2D eigenvalue weighted by Crippen LogP contribution is 2.23. The van der Waals surface area contributed by atoms with Crippen LogP contribution in [-0.4, -0.2) is 43.4 Å². The second kappa shape index (κ2) is 6.62. The van der Waals surface area contributed by atoms with E-state index in [9.17, 15) is 14.9 Å². The first kappa shape index (κ1) is 15.9. The Kier molecular flexibility index (Phi) is 4.38. The van der Waals surface area contributed by atoms with Gasteiger partial charge in [0.1, 0.15) is 0 Å². The Bertz CT molecular complexity index is 926. The lowest BCUT2D eigenvalue weighted by atomic mass is 10.1. The molecule has 0 aliphatic rings. The highest BCUT2D eigenvalue weighted by molar-refractivity contribution is 7.99. The number of nitrogens with zero attached hydrogens (tertiary/aromatic N) is 5. The molecule has 1 amide bonds. The molecule has 10 heteroatoms. The van der Waals surface area contributed by atoms with Gasteiger partial charge in [0.15, 0.2) is 5.65 Å². The summed E-state index contributed by atoms with van der Waals surface area (Å²) in [6.45, 7) is 0. The Morgan fingerprint density at radius 2 is 2.17 bits per heavy atom. The molecule has 0 saturated heterocycles. The lowest BCUT2D eigenvalue weighted by Gasteiger charge is -2.03. The number of carbonyl (C=O) groups is 1. The summed E-state index contributed by atoms with van der Waals surface area (Å²) in [5.41, 5.74) is 1.69. The molecule has 3 rings (SSSR count). The Labute approximate surface area is 140 Å². The number of nitro benzene ring substituents is 1. The lowest BCUT2D eigenvalue weighted by Crippen LogP contribution is -2.19. The fourth-order valence-corrected chi connectivity index (χ4v) is 2.75. The third kappa shape index (κ3) is 3.18. The van der Waals surface area contributed by atoms with Gasteiger partial charge < -0.3 is 5.32 Å². The van der Waals surface area contributed by atoms with Crippen molar-refractivity contribution in [1.82, 2.24) is 25.1 Å². The molecule has 0 spiro atoms. The minimum atomic E-state index is -0.453. The van der Waals surface area contributed by atoms with Gasteiger partial charge in [-0.3, -0.25) is 14.9 Å². The molecule has 2 heterocycles. The maximum Gasteiger partial charge on any atom is 0.270 e. The van der Waals surface area contributed by atoms with Crippen molar-refractivity contribution in [2.75, 3.05) is 12.8 Å². The Balaban J connectivity index is 1.97. The quantitative estimate of drug-likeness (QED) is 0.424. The average Bonchev–Trinajstić information content (AvgIpc) is 3.02. The molecule has 24 heavy (non-hydrogen) atoms. The summed E-state index contributed by atoms with van der Waals surface area (Å²) < 4.78 is 1.52. The topological polar surface area (TPSA) is 115 Å². The van der Waals surface area contributed by atoms with E-state index in [1.807, 2.05) is 0 Å². The van der Waals surface area contributed by atoms with E-state index in [1.165, 1.54) is 28.4 Å². The van der Waals surface area contributed by atoms with E-state index in [2.05, 4.69) is 20.6 Å². The highest BCUT2D eigenvalue weighted by atomic mass is 32.2. The number of benzene rings is 1. The van der Waals surface area contributed by atoms with Crippen LogP contribution < -0.4 is 5.32 Å². The molecule has 9 nitrogen and oxygen atoms in total. The van der Waals surface area contributed by atoms with E-state index in [4.69, 9.17) is 0 Å². The van der Waals surface area contributed by atoms with Gasteiger partial charge in [-0.1, -0.05) is 23.9 Å². The van der Waals surface area contributed by atoms with Crippen LogP contribution in [0.1, 0.15) is 0 Å². The number of thioether (sulfide) groups is 1. The van der Waals surface area contributed by atoms with Crippen molar-refractivity contribution in [3.63, 3.8) is 0 Å². The zero-order valence-corrected chi connectivity index (χ0v) is 13.4. The highest BCUT2D eigenvalue weighted by Gasteiger charge is 2.12. The third-order valence-electron chi connectivity index (χ3n) is 3.20. The van der Waals surface area contributed by atoms with Crippen molar-refractivity contribution in [1.29, 1.82) is 0 Å². The SMILES string of the molecule is CNC(=O)CSc1nnc2ccc(-c3cccc([N+](=O)[O-])c3)nn12. The second-order valence-electron chi connectivity index (χ2n) is 4.74. The molecule has 0 fully saturated rings. The minimum absolute atomic E-state index is 0.00707. The first-order valence-corrected chi connectivity index (χ1v) is 7.87. The molecule has 0 radical (unpaired) electrons. The molecular weight excluding hydrogens is 332 g/mol. The van der Waals surface area contributed by atoms with Gasteiger partial charge in [-0.25, -0.2) is 0 Å². The zero-order chi connectivity index (χ0) is 17.1. The predicted octanol–water partition coefficient (Wildman–Crippen LogP) is 1.54. The summed E-state index contributed by atoms with van der Waals surface area (Å²) in [7, 11) is 1.56. The molecule has 1 N–H and O–H groups in total. The van der Waals surface area contributed by atoms with Crippen molar-refractivity contribution in [3.05, 3.63) is 46.5 Å². The number of nitro groups is 1. The van der Waals surface area contributed by atoms with E-state index in [0.717, 1.165) is 0 Å². The molecular formula is C14H12N6O3S. The Hall–Kier alpha value is -3.01. The van der Waals surface area contributed by atoms with E-state index >= 15 is 0 Å². The number of aromatic nitrogens is 4. The number of non-ortho nitro benzene ring substituents is 1. The Morgan fingerprint density at radius 3 is 2.92 bits per heavy atom. The van der Waals surface area contributed by atoms with Crippen LogP contribution in [0.2, 0.25) is 0 Å². The van der Waals surface area contributed by atoms with Crippen LogP contribution in [0.5, 0.6) is 0 Å². The summed E-state index contributed by atoms with van der Waals surface area (Å²) >= 11 is 1.21. The Morgan fingerprint density at radius 1 is 1.33 bits per heavy atom. The summed E-state index contributed by atoms with van der Waals surface area (Å²) in [6, 6.07) is 9.66. The van der Waals surface area contributed by atoms with Gasteiger partial charge in [-0.2, -0.15) is 9.61 Å². The van der Waals surface area contributed by atoms with Gasteiger partial charge in [0.2, 0.25) is 11.1 Å². The zero-order valence-electron chi connectivity index (χ0n) is 12.5. The summed E-state index contributed by atoms with van der Waals surface area (Å²) in [5.74, 6) is 0.0617. The van der Waals surface area contributed by atoms with Crippen LogP contribution in [-0.2, 0) is 4.79 Å². The normalized spacial score (nSPS) is 10.7. The minimum Gasteiger partial charge on any atom is -0.358 e. The van der Waals surface area contributed by atoms with Crippen LogP contribution in [0.3, 0.4) is 0 Å². The van der Waals surface area contributed by atoms with Gasteiger partial charge in [-0.05, 0) is 12.1 Å². The summed E-state index contributed by atoms with van der Waals surface area (Å²) in [4.78, 5) is 21.8. The molecule has 0 unspecified atom stereocenters. The van der Waals surface area contributed by atoms with E-state index in [-0.39, 0.29) is 17.3 Å². The van der Waals surface area contributed by atoms with Crippen molar-refractivity contribution >= 4 is 29.0 Å². The molecule has 122 valence electrons. The summed E-state index contributed by atoms with van der Waals surface area (Å²) in [5, 5.41) is 26.3. The standard InChI is InChI=1S/C14H12N6O3S/c1-15-13(21)8-24-14-17-16-12-6-5-11(18-19(12)14)9-3-2-4-10(7-9)20(22)23/h2-7H,8H2,1H3,(H,15,21). The largest absolute Gasteiger partial charge is 0.358 e. The number of hydrogen-bond donors (Lipinski definition) is 1. The molecule has 0 atom stereocenters. The van der Waals surface area contributed by atoms with Crippen LogP contribution in [0.4, 0.5) is 5.69 Å². The van der Waals surface area contributed by atoms with Crippen molar-refractivity contribution < 1.29 is 9.72 Å². The number of fused-ring (bicyclic) bond motifs is 1. The smallest absolute Gasteiger partial charge is 0.270 e. The van der Waals surface area contributed by atoms with Crippen LogP contribution in [0.25, 0.3) is 16.9 Å². The molecule has 0 saturated carbocycles. The fourth-order valence-electron chi connectivity index (χ4n) is 1.99. The van der Waals surface area contributed by atoms with Crippen LogP contribution in [0, 0.1) is 10.1 Å². The molecule has 3 aromatic rings. The van der Waals surface area contributed by atoms with E-state index in [1.54, 1.807) is 31.3 Å². The average molecular weight is 344 g/mol. The molecule has 1 aromatic carbocycles. The van der Waals surface area contributed by atoms with Gasteiger partial charge in [-0.15, -0.1) is 10.2 Å². The molecule has 2 aromatic heterocycles. The number of hydrogen-bond acceptors (Lipinski definition) is 7. The second-order valence-corrected chi connectivity index (χ2v) is 5.68. The van der Waals surface area contributed by atoms with Crippen molar-refractivity contribution in [3.8, 4) is 11.3 Å². The molecule has 0 bridgehead atoms. The van der Waals surface area contributed by atoms with E-state index < -0.39 is 4.92 Å². The first-order valence-electron chi connectivity index (χ1n) is 6.89. The van der Waals surface area contributed by atoms with Crippen LogP contribution >= 0.6 is 11.8 Å². The third-order valence-corrected chi connectivity index (χ3v) is 4.12. The van der Waals surface area contributed by atoms with Crippen LogP contribution in [0.15, 0.2) is 41.6 Å². The van der Waals surface area contributed by atoms with Gasteiger partial charge in [0, 0.05) is 24.7 Å². The maximum atomic E-state index is 11.4. The monoisotopic (exact) mass is 344 g/mol.